The number of aromatic nitrogens is 1. The van der Waals surface area contributed by atoms with Gasteiger partial charge >= 0.3 is 6.18 Å². The van der Waals surface area contributed by atoms with Crippen molar-refractivity contribution in [1.29, 1.82) is 0 Å². The number of aryl methyl sites for hydroxylation is 1. The third-order valence-electron chi connectivity index (χ3n) is 1.69. The lowest BCUT2D eigenvalue weighted by atomic mass is 10.1. The molecule has 1 rings (SSSR count). The van der Waals surface area contributed by atoms with E-state index in [9.17, 15) is 13.2 Å². The van der Waals surface area contributed by atoms with Crippen LogP contribution < -0.4 is 0 Å². The highest BCUT2D eigenvalue weighted by molar-refractivity contribution is 6.17. The average Bonchev–Trinajstić information content (AvgIpc) is 2.02. The van der Waals surface area contributed by atoms with Crippen LogP contribution in [0.3, 0.4) is 0 Å². The number of alkyl halides is 4. The van der Waals surface area contributed by atoms with Gasteiger partial charge in [0.15, 0.2) is 0 Å². The zero-order valence-corrected chi connectivity index (χ0v) is 7.58. The Balaban J connectivity index is 3.29. The van der Waals surface area contributed by atoms with Crippen LogP contribution in [-0.2, 0) is 12.1 Å². The van der Waals surface area contributed by atoms with Gasteiger partial charge in [-0.25, -0.2) is 0 Å². The fourth-order valence-corrected chi connectivity index (χ4v) is 1.34. The first kappa shape index (κ1) is 10.3. The summed E-state index contributed by atoms with van der Waals surface area (Å²) in [5, 5.41) is 0. The summed E-state index contributed by atoms with van der Waals surface area (Å²) >= 11 is 5.40. The molecule has 0 N–H and O–H groups in total. The highest BCUT2D eigenvalue weighted by atomic mass is 35.5. The molecule has 0 aliphatic rings. The van der Waals surface area contributed by atoms with Gasteiger partial charge in [-0.05, 0) is 18.6 Å². The quantitative estimate of drug-likeness (QED) is 0.648. The van der Waals surface area contributed by atoms with Crippen LogP contribution in [0, 0.1) is 6.92 Å². The van der Waals surface area contributed by atoms with Gasteiger partial charge in [0, 0.05) is 17.6 Å². The second-order valence-electron chi connectivity index (χ2n) is 2.59. The first-order valence-electron chi connectivity index (χ1n) is 3.54. The van der Waals surface area contributed by atoms with Crippen molar-refractivity contribution in [3.63, 3.8) is 0 Å². The summed E-state index contributed by atoms with van der Waals surface area (Å²) in [6.45, 7) is 1.58. The molecule has 1 heterocycles. The second-order valence-corrected chi connectivity index (χ2v) is 2.85. The topological polar surface area (TPSA) is 12.9 Å². The number of hydrogen-bond donors (Lipinski definition) is 0. The van der Waals surface area contributed by atoms with Crippen LogP contribution in [0.5, 0.6) is 0 Å². The van der Waals surface area contributed by atoms with E-state index in [0.29, 0.717) is 5.56 Å². The zero-order chi connectivity index (χ0) is 10.1. The molecule has 0 fully saturated rings. The van der Waals surface area contributed by atoms with E-state index in [1.807, 2.05) is 0 Å². The largest absolute Gasteiger partial charge is 0.433 e. The van der Waals surface area contributed by atoms with Crippen molar-refractivity contribution in [2.24, 2.45) is 0 Å². The van der Waals surface area contributed by atoms with Crippen LogP contribution in [0.15, 0.2) is 12.3 Å². The van der Waals surface area contributed by atoms with E-state index in [-0.39, 0.29) is 11.4 Å². The fourth-order valence-electron chi connectivity index (χ4n) is 1.00. The van der Waals surface area contributed by atoms with Crippen LogP contribution in [0.4, 0.5) is 13.2 Å². The van der Waals surface area contributed by atoms with Crippen molar-refractivity contribution in [1.82, 2.24) is 4.98 Å². The van der Waals surface area contributed by atoms with E-state index >= 15 is 0 Å². The first-order chi connectivity index (χ1) is 5.96. The molecule has 13 heavy (non-hydrogen) atoms. The first-order valence-corrected chi connectivity index (χ1v) is 4.08. The van der Waals surface area contributed by atoms with Crippen molar-refractivity contribution in [3.8, 4) is 0 Å². The number of pyridine rings is 1. The van der Waals surface area contributed by atoms with Crippen LogP contribution in [0.1, 0.15) is 16.8 Å². The van der Waals surface area contributed by atoms with E-state index < -0.39 is 11.9 Å². The molecule has 0 saturated heterocycles. The maximum atomic E-state index is 12.3. The fraction of sp³-hybridized carbons (Fsp3) is 0.375. The molecule has 0 unspecified atom stereocenters. The molecule has 0 aromatic carbocycles. The van der Waals surface area contributed by atoms with Crippen molar-refractivity contribution in [3.05, 3.63) is 29.1 Å². The molecule has 72 valence electrons. The average molecular weight is 210 g/mol. The van der Waals surface area contributed by atoms with Crippen LogP contribution in [0.25, 0.3) is 0 Å². The minimum atomic E-state index is -4.42. The molecule has 5 heteroatoms. The Morgan fingerprint density at radius 2 is 2.08 bits per heavy atom. The second kappa shape index (κ2) is 3.54. The summed E-state index contributed by atoms with van der Waals surface area (Å²) in [5.41, 5.74) is -0.323. The lowest BCUT2D eigenvalue weighted by molar-refractivity contribution is -0.141. The molecule has 0 bridgehead atoms. The summed E-state index contributed by atoms with van der Waals surface area (Å²) in [7, 11) is 0. The lowest BCUT2D eigenvalue weighted by Crippen LogP contribution is -2.12. The molecule has 0 atom stereocenters. The normalized spacial score (nSPS) is 11.8. The number of nitrogens with zero attached hydrogens (tertiary/aromatic N) is 1. The van der Waals surface area contributed by atoms with Gasteiger partial charge in [0.05, 0.1) is 0 Å². The van der Waals surface area contributed by atoms with Crippen molar-refractivity contribution in [2.45, 2.75) is 19.0 Å². The maximum absolute atomic E-state index is 12.3. The molecular formula is C8H7ClF3N. The maximum Gasteiger partial charge on any atom is 0.433 e. The summed E-state index contributed by atoms with van der Waals surface area (Å²) < 4.78 is 36.9. The Labute approximate surface area is 78.5 Å². The SMILES string of the molecule is Cc1ccnc(C(F)(F)F)c1CCl. The summed E-state index contributed by atoms with van der Waals surface area (Å²) in [6, 6.07) is 1.51. The molecule has 1 aromatic rings. The van der Waals surface area contributed by atoms with Gasteiger partial charge in [0.1, 0.15) is 5.69 Å². The van der Waals surface area contributed by atoms with Crippen molar-refractivity contribution < 1.29 is 13.2 Å². The minimum absolute atomic E-state index is 0.0525. The number of hydrogen-bond acceptors (Lipinski definition) is 1. The Bertz CT molecular complexity index is 309. The third-order valence-corrected chi connectivity index (χ3v) is 1.96. The Morgan fingerprint density at radius 3 is 2.46 bits per heavy atom. The van der Waals surface area contributed by atoms with Gasteiger partial charge in [-0.2, -0.15) is 13.2 Å². The monoisotopic (exact) mass is 209 g/mol. The Morgan fingerprint density at radius 1 is 1.46 bits per heavy atom. The standard InChI is InChI=1S/C8H7ClF3N/c1-5-2-3-13-7(6(5)4-9)8(10,11)12/h2-3H,4H2,1H3. The molecule has 0 radical (unpaired) electrons. The minimum Gasteiger partial charge on any atom is -0.251 e. The highest BCUT2D eigenvalue weighted by Gasteiger charge is 2.35. The summed E-state index contributed by atoms with van der Waals surface area (Å²) in [4.78, 5) is 3.27. The van der Waals surface area contributed by atoms with E-state index in [2.05, 4.69) is 4.98 Å². The van der Waals surface area contributed by atoms with Crippen LogP contribution in [0.2, 0.25) is 0 Å². The van der Waals surface area contributed by atoms with Crippen LogP contribution in [-0.4, -0.2) is 4.98 Å². The molecular weight excluding hydrogens is 203 g/mol. The van der Waals surface area contributed by atoms with Gasteiger partial charge in [-0.1, -0.05) is 0 Å². The van der Waals surface area contributed by atoms with Gasteiger partial charge in [-0.3, -0.25) is 4.98 Å². The molecule has 1 aromatic heterocycles. The van der Waals surface area contributed by atoms with E-state index in [1.54, 1.807) is 6.92 Å². The van der Waals surface area contributed by atoms with Gasteiger partial charge in [0.2, 0.25) is 0 Å². The molecule has 0 saturated carbocycles. The third kappa shape index (κ3) is 2.12. The van der Waals surface area contributed by atoms with Gasteiger partial charge < -0.3 is 0 Å². The lowest BCUT2D eigenvalue weighted by Gasteiger charge is -2.11. The smallest absolute Gasteiger partial charge is 0.251 e. The predicted molar refractivity (Wildman–Crippen MR) is 43.5 cm³/mol. The predicted octanol–water partition coefficient (Wildman–Crippen LogP) is 3.15. The highest BCUT2D eigenvalue weighted by Crippen LogP contribution is 2.31. The Hall–Kier alpha value is -0.770. The Kier molecular flexibility index (Phi) is 2.81. The molecule has 0 aliphatic heterocycles. The molecule has 0 amide bonds. The summed E-state index contributed by atoms with van der Waals surface area (Å²) in [5.74, 6) is -0.172. The van der Waals surface area contributed by atoms with E-state index in [4.69, 9.17) is 11.6 Å². The van der Waals surface area contributed by atoms with E-state index in [1.165, 1.54) is 6.07 Å². The zero-order valence-electron chi connectivity index (χ0n) is 6.82. The number of rotatable bonds is 1. The van der Waals surface area contributed by atoms with Crippen molar-refractivity contribution >= 4 is 11.6 Å². The van der Waals surface area contributed by atoms with E-state index in [0.717, 1.165) is 6.20 Å². The molecule has 0 spiro atoms. The molecule has 0 aliphatic carbocycles. The van der Waals surface area contributed by atoms with Crippen molar-refractivity contribution in [2.75, 3.05) is 0 Å². The summed E-state index contributed by atoms with van der Waals surface area (Å²) in [6.07, 6.45) is -3.29. The van der Waals surface area contributed by atoms with Gasteiger partial charge in [0.25, 0.3) is 0 Å². The molecule has 1 nitrogen and oxygen atoms in total. The number of halogens is 4. The van der Waals surface area contributed by atoms with Gasteiger partial charge in [-0.15, -0.1) is 11.6 Å². The van der Waals surface area contributed by atoms with Crippen LogP contribution >= 0.6 is 11.6 Å².